The fourth-order valence-electron chi connectivity index (χ4n) is 1.29. The zero-order chi connectivity index (χ0) is 13.9. The number of aromatic nitrogens is 2. The van der Waals surface area contributed by atoms with E-state index in [0.29, 0.717) is 5.82 Å². The van der Waals surface area contributed by atoms with Crippen molar-refractivity contribution in [2.45, 2.75) is 19.6 Å². The molecule has 0 bridgehead atoms. The summed E-state index contributed by atoms with van der Waals surface area (Å²) >= 11 is 5.51. The third-order valence-corrected chi connectivity index (χ3v) is 2.93. The highest BCUT2D eigenvalue weighted by Gasteiger charge is 2.24. The Labute approximate surface area is 107 Å². The van der Waals surface area contributed by atoms with Gasteiger partial charge in [-0.25, -0.2) is 4.57 Å². The molecule has 0 aliphatic heterocycles. The molecule has 9 nitrogen and oxygen atoms in total. The minimum atomic E-state index is -4.65. The molecule has 1 atom stereocenters. The molecule has 1 rings (SSSR count). The van der Waals surface area contributed by atoms with Crippen molar-refractivity contribution in [2.75, 3.05) is 5.88 Å². The molecule has 0 radical (unpaired) electrons. The van der Waals surface area contributed by atoms with Gasteiger partial charge in [-0.1, -0.05) is 0 Å². The zero-order valence-electron chi connectivity index (χ0n) is 9.26. The fraction of sp³-hybridized carbons (Fsp3) is 0.571. The van der Waals surface area contributed by atoms with Gasteiger partial charge in [0.2, 0.25) is 5.82 Å². The number of aryl methyl sites for hydroxylation is 1. The summed E-state index contributed by atoms with van der Waals surface area (Å²) in [5.74, 6) is -0.195. The summed E-state index contributed by atoms with van der Waals surface area (Å²) in [6, 6.07) is 0. The standard InChI is InChI=1S/C7H11ClN3O6P/c1-5-9-7(11(12)13)4-10(5)3-6(2-8)17-18(14,15)16/h4,6H,2-3H2,1H3,(H2,14,15,16)/t6-/m1/s1. The van der Waals surface area contributed by atoms with Gasteiger partial charge in [0.1, 0.15) is 12.3 Å². The minimum absolute atomic E-state index is 0.0404. The van der Waals surface area contributed by atoms with Crippen LogP contribution in [0.3, 0.4) is 0 Å². The number of rotatable bonds is 6. The molecule has 0 amide bonds. The molecule has 0 fully saturated rings. The lowest BCUT2D eigenvalue weighted by Crippen LogP contribution is -2.21. The van der Waals surface area contributed by atoms with Crippen LogP contribution in [-0.4, -0.2) is 36.2 Å². The quantitative estimate of drug-likeness (QED) is 0.344. The number of phosphoric acid groups is 1. The summed E-state index contributed by atoms with van der Waals surface area (Å²) < 4.78 is 16.4. The van der Waals surface area contributed by atoms with Gasteiger partial charge in [-0.2, -0.15) is 0 Å². The minimum Gasteiger partial charge on any atom is -0.358 e. The average molecular weight is 300 g/mol. The van der Waals surface area contributed by atoms with E-state index in [1.54, 1.807) is 0 Å². The van der Waals surface area contributed by atoms with E-state index >= 15 is 0 Å². The highest BCUT2D eigenvalue weighted by Crippen LogP contribution is 2.38. The predicted molar refractivity (Wildman–Crippen MR) is 61.3 cm³/mol. The van der Waals surface area contributed by atoms with Crippen LogP contribution in [0.1, 0.15) is 5.82 Å². The van der Waals surface area contributed by atoms with Crippen LogP contribution in [0, 0.1) is 17.0 Å². The topological polar surface area (TPSA) is 128 Å². The Balaban J connectivity index is 2.82. The molecule has 0 unspecified atom stereocenters. The zero-order valence-corrected chi connectivity index (χ0v) is 10.9. The fourth-order valence-corrected chi connectivity index (χ4v) is 2.07. The van der Waals surface area contributed by atoms with Crippen molar-refractivity contribution in [1.29, 1.82) is 0 Å². The van der Waals surface area contributed by atoms with E-state index in [4.69, 9.17) is 21.4 Å². The Kier molecular flexibility index (Phi) is 4.83. The van der Waals surface area contributed by atoms with Crippen LogP contribution < -0.4 is 0 Å². The summed E-state index contributed by atoms with van der Waals surface area (Å²) in [6.45, 7) is 1.48. The Morgan fingerprint density at radius 1 is 1.72 bits per heavy atom. The molecule has 0 saturated carbocycles. The van der Waals surface area contributed by atoms with Crippen molar-refractivity contribution in [3.05, 3.63) is 22.1 Å². The van der Waals surface area contributed by atoms with E-state index in [0.717, 1.165) is 6.20 Å². The molecule has 1 heterocycles. The summed E-state index contributed by atoms with van der Waals surface area (Å²) in [7, 11) is -4.65. The molecule has 1 aromatic heterocycles. The van der Waals surface area contributed by atoms with Gasteiger partial charge in [0.15, 0.2) is 0 Å². The number of phosphoric ester groups is 1. The van der Waals surface area contributed by atoms with Crippen molar-refractivity contribution in [1.82, 2.24) is 9.55 Å². The Morgan fingerprint density at radius 2 is 2.33 bits per heavy atom. The van der Waals surface area contributed by atoms with Crippen molar-refractivity contribution in [3.63, 3.8) is 0 Å². The third kappa shape index (κ3) is 4.35. The van der Waals surface area contributed by atoms with E-state index in [-0.39, 0.29) is 18.2 Å². The maximum Gasteiger partial charge on any atom is 0.469 e. The molecule has 11 heteroatoms. The first-order valence-electron chi connectivity index (χ1n) is 4.71. The number of halogens is 1. The van der Waals surface area contributed by atoms with Gasteiger partial charge in [0.05, 0.1) is 12.4 Å². The van der Waals surface area contributed by atoms with Crippen LogP contribution in [0.4, 0.5) is 5.82 Å². The summed E-state index contributed by atoms with van der Waals surface area (Å²) in [5, 5.41) is 10.5. The molecule has 0 aliphatic carbocycles. The third-order valence-electron chi connectivity index (χ3n) is 2.01. The molecule has 102 valence electrons. The Bertz CT molecular complexity index is 486. The first-order chi connectivity index (χ1) is 8.23. The number of alkyl halides is 1. The SMILES string of the molecule is Cc1nc([N+](=O)[O-])cn1C[C@@H](CCl)OP(=O)(O)O. The van der Waals surface area contributed by atoms with Gasteiger partial charge in [0, 0.05) is 6.92 Å². The molecular weight excluding hydrogens is 289 g/mol. The molecular formula is C7H11ClN3O6P. The summed E-state index contributed by atoms with van der Waals surface area (Å²) in [5.41, 5.74) is 0. The molecule has 0 saturated heterocycles. The predicted octanol–water partition coefficient (Wildman–Crippen LogP) is 0.816. The second-order valence-electron chi connectivity index (χ2n) is 3.43. The number of nitrogens with zero attached hydrogens (tertiary/aromatic N) is 3. The van der Waals surface area contributed by atoms with Gasteiger partial charge < -0.3 is 24.5 Å². The van der Waals surface area contributed by atoms with Crippen LogP contribution in [0.2, 0.25) is 0 Å². The highest BCUT2D eigenvalue weighted by atomic mass is 35.5. The average Bonchev–Trinajstić information content (AvgIpc) is 2.57. The van der Waals surface area contributed by atoms with Crippen molar-refractivity contribution in [2.24, 2.45) is 0 Å². The van der Waals surface area contributed by atoms with E-state index in [1.807, 2.05) is 0 Å². The summed E-state index contributed by atoms with van der Waals surface area (Å²) in [4.78, 5) is 30.8. The number of hydrogen-bond acceptors (Lipinski definition) is 5. The van der Waals surface area contributed by atoms with Crippen molar-refractivity contribution >= 4 is 25.2 Å². The second kappa shape index (κ2) is 5.77. The maximum absolute atomic E-state index is 10.7. The molecule has 0 aromatic carbocycles. The number of hydrogen-bond donors (Lipinski definition) is 2. The largest absolute Gasteiger partial charge is 0.469 e. The van der Waals surface area contributed by atoms with Crippen LogP contribution in [0.25, 0.3) is 0 Å². The van der Waals surface area contributed by atoms with Gasteiger partial charge >= 0.3 is 13.6 Å². The lowest BCUT2D eigenvalue weighted by atomic mass is 10.4. The first-order valence-corrected chi connectivity index (χ1v) is 6.77. The van der Waals surface area contributed by atoms with Gasteiger partial charge in [-0.3, -0.25) is 4.52 Å². The Hall–Kier alpha value is -0.990. The van der Waals surface area contributed by atoms with Crippen molar-refractivity contribution in [3.8, 4) is 0 Å². The molecule has 0 spiro atoms. The molecule has 0 aliphatic rings. The monoisotopic (exact) mass is 299 g/mol. The van der Waals surface area contributed by atoms with Crippen LogP contribution in [0.15, 0.2) is 6.20 Å². The molecule has 18 heavy (non-hydrogen) atoms. The van der Waals surface area contributed by atoms with E-state index in [1.165, 1.54) is 11.5 Å². The lowest BCUT2D eigenvalue weighted by molar-refractivity contribution is -0.389. The maximum atomic E-state index is 10.7. The van der Waals surface area contributed by atoms with Gasteiger partial charge in [-0.05, 0) is 9.91 Å². The van der Waals surface area contributed by atoms with Crippen LogP contribution in [-0.2, 0) is 15.6 Å². The number of imidazole rings is 1. The van der Waals surface area contributed by atoms with Crippen molar-refractivity contribution < 1.29 is 23.8 Å². The highest BCUT2D eigenvalue weighted by molar-refractivity contribution is 7.46. The smallest absolute Gasteiger partial charge is 0.358 e. The summed E-state index contributed by atoms with van der Waals surface area (Å²) in [6.07, 6.45) is 0.178. The first kappa shape index (κ1) is 15.1. The second-order valence-corrected chi connectivity index (χ2v) is 4.93. The van der Waals surface area contributed by atoms with E-state index < -0.39 is 18.8 Å². The lowest BCUT2D eigenvalue weighted by Gasteiger charge is -2.15. The molecule has 2 N–H and O–H groups in total. The van der Waals surface area contributed by atoms with Crippen LogP contribution >= 0.6 is 19.4 Å². The Morgan fingerprint density at radius 3 is 2.72 bits per heavy atom. The normalized spacial score (nSPS) is 13.6. The number of nitro groups is 1. The van der Waals surface area contributed by atoms with Gasteiger partial charge in [-0.15, -0.1) is 11.6 Å². The van der Waals surface area contributed by atoms with E-state index in [9.17, 15) is 14.7 Å². The van der Waals surface area contributed by atoms with E-state index in [2.05, 4.69) is 9.51 Å². The van der Waals surface area contributed by atoms with Gasteiger partial charge in [0.25, 0.3) is 0 Å². The molecule has 1 aromatic rings. The van der Waals surface area contributed by atoms with Crippen LogP contribution in [0.5, 0.6) is 0 Å².